The molecule has 0 bridgehead atoms. The maximum atomic E-state index is 12.6. The molecule has 1 aliphatic carbocycles. The van der Waals surface area contributed by atoms with Crippen molar-refractivity contribution in [2.24, 2.45) is 5.92 Å². The molecule has 0 radical (unpaired) electrons. The summed E-state index contributed by atoms with van der Waals surface area (Å²) in [6.45, 7) is 2.80. The van der Waals surface area contributed by atoms with Crippen molar-refractivity contribution < 1.29 is 18.3 Å². The maximum absolute atomic E-state index is 12.6. The zero-order valence-electron chi connectivity index (χ0n) is 12.7. The van der Waals surface area contributed by atoms with Crippen molar-refractivity contribution in [3.05, 3.63) is 0 Å². The van der Waals surface area contributed by atoms with Crippen LogP contribution in [0.5, 0.6) is 0 Å². The summed E-state index contributed by atoms with van der Waals surface area (Å²) in [5.74, 6) is -1.24. The van der Waals surface area contributed by atoms with E-state index in [0.717, 1.165) is 44.9 Å². The van der Waals surface area contributed by atoms with Crippen LogP contribution in [0, 0.1) is 5.92 Å². The largest absolute Gasteiger partial charge is 0.480 e. The van der Waals surface area contributed by atoms with Gasteiger partial charge in [-0.2, -0.15) is 17.4 Å². The van der Waals surface area contributed by atoms with Gasteiger partial charge >= 0.3 is 5.97 Å². The predicted molar refractivity (Wildman–Crippen MR) is 80.1 cm³/mol. The first-order valence-corrected chi connectivity index (χ1v) is 9.35. The second-order valence-electron chi connectivity index (χ2n) is 6.34. The fraction of sp³-hybridized carbons (Fsp3) is 0.929. The van der Waals surface area contributed by atoms with Gasteiger partial charge < -0.3 is 5.11 Å². The fourth-order valence-corrected chi connectivity index (χ4v) is 5.16. The Kier molecular flexibility index (Phi) is 5.27. The Hall–Kier alpha value is -0.660. The number of nitrogens with zero attached hydrogens (tertiary/aromatic N) is 1. The molecule has 2 fully saturated rings. The number of carbonyl (C=O) groups is 1. The number of carboxylic acids is 1. The molecule has 6 nitrogen and oxygen atoms in total. The Morgan fingerprint density at radius 2 is 1.76 bits per heavy atom. The van der Waals surface area contributed by atoms with E-state index < -0.39 is 21.7 Å². The van der Waals surface area contributed by atoms with E-state index in [2.05, 4.69) is 4.72 Å². The molecule has 2 rings (SSSR count). The van der Waals surface area contributed by atoms with Crippen molar-refractivity contribution in [2.75, 3.05) is 13.1 Å². The highest BCUT2D eigenvalue weighted by atomic mass is 32.2. The van der Waals surface area contributed by atoms with Gasteiger partial charge in [0, 0.05) is 13.1 Å². The van der Waals surface area contributed by atoms with Gasteiger partial charge in [-0.15, -0.1) is 0 Å². The molecule has 0 aromatic heterocycles. The molecule has 1 saturated heterocycles. The highest BCUT2D eigenvalue weighted by molar-refractivity contribution is 7.87. The van der Waals surface area contributed by atoms with Gasteiger partial charge in [-0.3, -0.25) is 4.79 Å². The van der Waals surface area contributed by atoms with Gasteiger partial charge in [0.2, 0.25) is 0 Å². The number of nitrogens with one attached hydrogen (secondary N) is 1. The summed E-state index contributed by atoms with van der Waals surface area (Å²) in [5, 5.41) is 9.63. The summed E-state index contributed by atoms with van der Waals surface area (Å²) in [4.78, 5) is 11.8. The van der Waals surface area contributed by atoms with E-state index in [-0.39, 0.29) is 5.92 Å². The van der Waals surface area contributed by atoms with Crippen molar-refractivity contribution in [3.63, 3.8) is 0 Å². The van der Waals surface area contributed by atoms with E-state index in [9.17, 15) is 18.3 Å². The highest BCUT2D eigenvalue weighted by Gasteiger charge is 2.48. The standard InChI is InChI=1S/C14H26N2O4S/c1-12-8-4-5-9-14(12,13(17)18)15-21(19,20)16-10-6-2-3-7-11-16/h12,15H,2-11H2,1H3,(H,17,18). The first kappa shape index (κ1) is 16.7. The minimum absolute atomic E-state index is 0.189. The highest BCUT2D eigenvalue weighted by Crippen LogP contribution is 2.35. The molecule has 1 heterocycles. The van der Waals surface area contributed by atoms with Crippen molar-refractivity contribution in [1.29, 1.82) is 0 Å². The van der Waals surface area contributed by atoms with Crippen LogP contribution < -0.4 is 4.72 Å². The molecule has 0 spiro atoms. The lowest BCUT2D eigenvalue weighted by molar-refractivity contribution is -0.147. The third kappa shape index (κ3) is 3.57. The lowest BCUT2D eigenvalue weighted by atomic mass is 9.74. The monoisotopic (exact) mass is 318 g/mol. The zero-order chi connectivity index (χ0) is 15.5. The predicted octanol–water partition coefficient (Wildman–Crippen LogP) is 1.73. The summed E-state index contributed by atoms with van der Waals surface area (Å²) >= 11 is 0. The molecule has 0 aromatic carbocycles. The van der Waals surface area contributed by atoms with Crippen LogP contribution in [-0.4, -0.2) is 42.4 Å². The van der Waals surface area contributed by atoms with Crippen LogP contribution in [0.4, 0.5) is 0 Å². The molecule has 1 aliphatic heterocycles. The van der Waals surface area contributed by atoms with Crippen LogP contribution in [0.3, 0.4) is 0 Å². The van der Waals surface area contributed by atoms with Crippen LogP contribution in [0.25, 0.3) is 0 Å². The van der Waals surface area contributed by atoms with Crippen LogP contribution in [0.2, 0.25) is 0 Å². The van der Waals surface area contributed by atoms with Crippen molar-refractivity contribution in [1.82, 2.24) is 9.03 Å². The smallest absolute Gasteiger partial charge is 0.325 e. The maximum Gasteiger partial charge on any atom is 0.325 e. The van der Waals surface area contributed by atoms with E-state index >= 15 is 0 Å². The summed E-state index contributed by atoms with van der Waals surface area (Å²) in [6, 6.07) is 0. The zero-order valence-corrected chi connectivity index (χ0v) is 13.5. The molecule has 122 valence electrons. The van der Waals surface area contributed by atoms with Gasteiger partial charge in [-0.1, -0.05) is 32.6 Å². The normalized spacial score (nSPS) is 32.5. The average Bonchev–Trinajstić information content (AvgIpc) is 2.70. The quantitative estimate of drug-likeness (QED) is 0.826. The first-order valence-electron chi connectivity index (χ1n) is 7.91. The Balaban J connectivity index is 2.20. The van der Waals surface area contributed by atoms with Gasteiger partial charge in [0.15, 0.2) is 0 Å². The number of carboxylic acid groups (broad SMARTS) is 1. The topological polar surface area (TPSA) is 86.7 Å². The Bertz CT molecular complexity index is 471. The number of aliphatic carboxylic acids is 1. The van der Waals surface area contributed by atoms with Gasteiger partial charge in [0.05, 0.1) is 0 Å². The van der Waals surface area contributed by atoms with E-state index in [1.807, 2.05) is 6.92 Å². The average molecular weight is 318 g/mol. The van der Waals surface area contributed by atoms with Gasteiger partial charge in [-0.05, 0) is 31.6 Å². The Morgan fingerprint density at radius 3 is 2.29 bits per heavy atom. The molecule has 1 saturated carbocycles. The van der Waals surface area contributed by atoms with Crippen molar-refractivity contribution >= 4 is 16.2 Å². The number of hydrogen-bond acceptors (Lipinski definition) is 3. The SMILES string of the molecule is CC1CCCCC1(NS(=O)(=O)N1CCCCCC1)C(=O)O. The molecule has 2 aliphatic rings. The number of hydrogen-bond donors (Lipinski definition) is 2. The molecule has 2 unspecified atom stereocenters. The first-order chi connectivity index (χ1) is 9.88. The molecular weight excluding hydrogens is 292 g/mol. The summed E-state index contributed by atoms with van der Waals surface area (Å²) in [6.07, 6.45) is 6.58. The second kappa shape index (κ2) is 6.62. The lowest BCUT2D eigenvalue weighted by Gasteiger charge is -2.40. The fourth-order valence-electron chi connectivity index (χ4n) is 3.44. The van der Waals surface area contributed by atoms with Crippen LogP contribution in [0.15, 0.2) is 0 Å². The number of rotatable bonds is 4. The Labute approximate surface area is 127 Å². The van der Waals surface area contributed by atoms with Crippen LogP contribution in [0.1, 0.15) is 58.3 Å². The van der Waals surface area contributed by atoms with Crippen molar-refractivity contribution in [3.8, 4) is 0 Å². The third-order valence-corrected chi connectivity index (χ3v) is 6.56. The van der Waals surface area contributed by atoms with Crippen LogP contribution >= 0.6 is 0 Å². The Morgan fingerprint density at radius 1 is 1.14 bits per heavy atom. The van der Waals surface area contributed by atoms with E-state index in [1.54, 1.807) is 0 Å². The molecule has 21 heavy (non-hydrogen) atoms. The molecule has 7 heteroatoms. The summed E-state index contributed by atoms with van der Waals surface area (Å²) in [7, 11) is -3.74. The van der Waals surface area contributed by atoms with Gasteiger partial charge in [0.1, 0.15) is 5.54 Å². The molecular formula is C14H26N2O4S. The molecule has 0 amide bonds. The molecule has 2 atom stereocenters. The summed E-state index contributed by atoms with van der Waals surface area (Å²) < 4.78 is 29.2. The molecule has 0 aromatic rings. The van der Waals surface area contributed by atoms with Crippen LogP contribution in [-0.2, 0) is 15.0 Å². The molecule has 2 N–H and O–H groups in total. The van der Waals surface area contributed by atoms with E-state index in [1.165, 1.54) is 4.31 Å². The van der Waals surface area contributed by atoms with Gasteiger partial charge in [-0.25, -0.2) is 0 Å². The van der Waals surface area contributed by atoms with E-state index in [0.29, 0.717) is 19.5 Å². The second-order valence-corrected chi connectivity index (χ2v) is 8.01. The minimum Gasteiger partial charge on any atom is -0.480 e. The lowest BCUT2D eigenvalue weighted by Crippen LogP contribution is -2.62. The van der Waals surface area contributed by atoms with Gasteiger partial charge in [0.25, 0.3) is 10.2 Å². The van der Waals surface area contributed by atoms with Crippen molar-refractivity contribution in [2.45, 2.75) is 63.8 Å². The van der Waals surface area contributed by atoms with E-state index in [4.69, 9.17) is 0 Å². The third-order valence-electron chi connectivity index (χ3n) is 4.90. The minimum atomic E-state index is -3.74. The summed E-state index contributed by atoms with van der Waals surface area (Å²) in [5.41, 5.74) is -1.34.